The van der Waals surface area contributed by atoms with E-state index in [1.165, 1.54) is 0 Å². The van der Waals surface area contributed by atoms with E-state index in [2.05, 4.69) is 9.35 Å². The van der Waals surface area contributed by atoms with Crippen molar-refractivity contribution in [2.24, 2.45) is 0 Å². The van der Waals surface area contributed by atoms with Crippen LogP contribution in [-0.4, -0.2) is 6.16 Å². The van der Waals surface area contributed by atoms with Crippen molar-refractivity contribution in [2.45, 2.75) is 13.3 Å². The summed E-state index contributed by atoms with van der Waals surface area (Å²) in [6.07, 6.45) is 1.42. The molecule has 0 aromatic rings. The van der Waals surface area contributed by atoms with Crippen LogP contribution in [-0.2, 0) is 13.9 Å². The highest BCUT2D eigenvalue weighted by molar-refractivity contribution is 7.57. The fourth-order valence-electron chi connectivity index (χ4n) is 0.386. The molecule has 1 fully saturated rings. The van der Waals surface area contributed by atoms with E-state index in [4.69, 9.17) is 0 Å². The SMILES string of the molecule is CCCP1(=O)OO1. The van der Waals surface area contributed by atoms with E-state index in [0.717, 1.165) is 6.42 Å². The summed E-state index contributed by atoms with van der Waals surface area (Å²) in [5.74, 6) is 0. The quantitative estimate of drug-likeness (QED) is 0.317. The Morgan fingerprint density at radius 3 is 2.29 bits per heavy atom. The summed E-state index contributed by atoms with van der Waals surface area (Å²) in [5.41, 5.74) is 0. The average Bonchev–Trinajstić information content (AvgIpc) is 2.22. The second-order valence-corrected chi connectivity index (χ2v) is 3.45. The van der Waals surface area contributed by atoms with Crippen LogP contribution >= 0.6 is 7.60 Å². The first kappa shape index (κ1) is 5.29. The fourth-order valence-corrected chi connectivity index (χ4v) is 1.38. The van der Waals surface area contributed by atoms with Gasteiger partial charge in [0.05, 0.1) is 6.16 Å². The smallest absolute Gasteiger partial charge is 0.255 e. The first-order chi connectivity index (χ1) is 3.27. The van der Waals surface area contributed by atoms with Crippen LogP contribution in [0.2, 0.25) is 0 Å². The van der Waals surface area contributed by atoms with E-state index >= 15 is 0 Å². The maximum absolute atomic E-state index is 10.5. The van der Waals surface area contributed by atoms with Gasteiger partial charge in [-0.2, -0.15) is 0 Å². The molecule has 0 aromatic heterocycles. The van der Waals surface area contributed by atoms with Crippen LogP contribution in [0, 0.1) is 0 Å². The standard InChI is InChI=1S/C3H7O3P/c1-2-3-7(4)5-6-7/h2-3H2,1H3. The molecule has 1 heterocycles. The van der Waals surface area contributed by atoms with E-state index < -0.39 is 7.60 Å². The molecule has 0 radical (unpaired) electrons. The lowest BCUT2D eigenvalue weighted by Crippen LogP contribution is -1.68. The van der Waals surface area contributed by atoms with Crippen LogP contribution in [0.1, 0.15) is 13.3 Å². The lowest BCUT2D eigenvalue weighted by Gasteiger charge is -1.77. The van der Waals surface area contributed by atoms with Crippen LogP contribution in [0.5, 0.6) is 0 Å². The summed E-state index contributed by atoms with van der Waals surface area (Å²) in [5, 5.41) is 0. The summed E-state index contributed by atoms with van der Waals surface area (Å²) in [4.78, 5) is 0. The largest absolute Gasteiger partial charge is 0.385 e. The molecule has 0 amide bonds. The van der Waals surface area contributed by atoms with Crippen LogP contribution < -0.4 is 0 Å². The van der Waals surface area contributed by atoms with E-state index in [9.17, 15) is 4.57 Å². The van der Waals surface area contributed by atoms with Gasteiger partial charge in [0.1, 0.15) is 0 Å². The highest BCUT2D eigenvalue weighted by Gasteiger charge is 2.41. The first-order valence-corrected chi connectivity index (χ1v) is 3.97. The number of hydrogen-bond acceptors (Lipinski definition) is 3. The topological polar surface area (TPSA) is 42.1 Å². The molecular weight excluding hydrogens is 115 g/mol. The van der Waals surface area contributed by atoms with Gasteiger partial charge in [0.15, 0.2) is 0 Å². The van der Waals surface area contributed by atoms with Crippen LogP contribution in [0.3, 0.4) is 0 Å². The Morgan fingerprint density at radius 1 is 1.57 bits per heavy atom. The zero-order valence-electron chi connectivity index (χ0n) is 4.09. The van der Waals surface area contributed by atoms with Crippen LogP contribution in [0.15, 0.2) is 0 Å². The minimum Gasteiger partial charge on any atom is -0.255 e. The molecule has 0 saturated carbocycles. The molecule has 0 unspecified atom stereocenters. The van der Waals surface area contributed by atoms with Crippen molar-refractivity contribution in [1.29, 1.82) is 0 Å². The van der Waals surface area contributed by atoms with Gasteiger partial charge < -0.3 is 0 Å². The Kier molecular flexibility index (Phi) is 1.20. The Bertz CT molecular complexity index is 103. The van der Waals surface area contributed by atoms with Crippen molar-refractivity contribution in [3.8, 4) is 0 Å². The van der Waals surface area contributed by atoms with E-state index in [-0.39, 0.29) is 0 Å². The van der Waals surface area contributed by atoms with Crippen molar-refractivity contribution >= 4 is 7.60 Å². The molecule has 0 N–H and O–H groups in total. The molecule has 42 valence electrons. The second kappa shape index (κ2) is 1.58. The molecule has 3 nitrogen and oxygen atoms in total. The minimum absolute atomic E-state index is 0.562. The molecular formula is C3H7O3P. The molecule has 7 heavy (non-hydrogen) atoms. The third-order valence-electron chi connectivity index (χ3n) is 0.738. The van der Waals surface area contributed by atoms with Gasteiger partial charge >= 0.3 is 7.60 Å². The molecule has 1 aliphatic rings. The first-order valence-electron chi connectivity index (χ1n) is 2.24. The Balaban J connectivity index is 2.27. The second-order valence-electron chi connectivity index (χ2n) is 1.48. The maximum Gasteiger partial charge on any atom is 0.385 e. The zero-order valence-corrected chi connectivity index (χ0v) is 4.98. The van der Waals surface area contributed by atoms with Gasteiger partial charge in [0.2, 0.25) is 0 Å². The molecule has 1 rings (SSSR count). The van der Waals surface area contributed by atoms with Crippen LogP contribution in [0.4, 0.5) is 0 Å². The van der Waals surface area contributed by atoms with Crippen molar-refractivity contribution in [3.05, 3.63) is 0 Å². The lowest BCUT2D eigenvalue weighted by molar-refractivity contribution is 0.0850. The zero-order chi connectivity index (χ0) is 5.33. The van der Waals surface area contributed by atoms with Gasteiger partial charge in [-0.25, -0.2) is 0 Å². The summed E-state index contributed by atoms with van der Waals surface area (Å²) in [6, 6.07) is 0. The summed E-state index contributed by atoms with van der Waals surface area (Å²) < 4.78 is 18.9. The Labute approximate surface area is 42.1 Å². The van der Waals surface area contributed by atoms with Gasteiger partial charge in [0, 0.05) is 0 Å². The number of rotatable bonds is 2. The van der Waals surface area contributed by atoms with Crippen molar-refractivity contribution in [2.75, 3.05) is 6.16 Å². The minimum atomic E-state index is -2.42. The molecule has 0 bridgehead atoms. The molecule has 1 saturated heterocycles. The van der Waals surface area contributed by atoms with Crippen molar-refractivity contribution in [3.63, 3.8) is 0 Å². The van der Waals surface area contributed by atoms with Gasteiger partial charge in [0.25, 0.3) is 0 Å². The maximum atomic E-state index is 10.5. The van der Waals surface area contributed by atoms with Gasteiger partial charge in [-0.05, 0) is 6.42 Å². The predicted molar refractivity (Wildman–Crippen MR) is 24.9 cm³/mol. The third kappa shape index (κ3) is 1.27. The van der Waals surface area contributed by atoms with Gasteiger partial charge in [-0.15, -0.1) is 9.35 Å². The predicted octanol–water partition coefficient (Wildman–Crippen LogP) is 1.55. The molecule has 4 heteroatoms. The third-order valence-corrected chi connectivity index (χ3v) is 2.21. The molecule has 0 aromatic carbocycles. The Hall–Kier alpha value is 0.150. The van der Waals surface area contributed by atoms with Gasteiger partial charge in [-0.3, -0.25) is 4.57 Å². The molecule has 1 aliphatic heterocycles. The van der Waals surface area contributed by atoms with E-state index in [0.29, 0.717) is 6.16 Å². The van der Waals surface area contributed by atoms with Crippen molar-refractivity contribution < 1.29 is 13.9 Å². The molecule has 0 aliphatic carbocycles. The summed E-state index contributed by atoms with van der Waals surface area (Å²) in [6.45, 7) is 1.94. The summed E-state index contributed by atoms with van der Waals surface area (Å²) >= 11 is 0. The molecule has 0 atom stereocenters. The monoisotopic (exact) mass is 122 g/mol. The lowest BCUT2D eigenvalue weighted by atomic mass is 10.6. The van der Waals surface area contributed by atoms with E-state index in [1.54, 1.807) is 0 Å². The van der Waals surface area contributed by atoms with Gasteiger partial charge in [-0.1, -0.05) is 6.92 Å². The Morgan fingerprint density at radius 2 is 2.14 bits per heavy atom. The highest BCUT2D eigenvalue weighted by atomic mass is 31.2. The van der Waals surface area contributed by atoms with E-state index in [1.807, 2.05) is 6.92 Å². The average molecular weight is 122 g/mol. The normalized spacial score (nSPS) is 24.7. The fraction of sp³-hybridized carbons (Fsp3) is 1.00. The van der Waals surface area contributed by atoms with Crippen molar-refractivity contribution in [1.82, 2.24) is 0 Å². The number of hydrogen-bond donors (Lipinski definition) is 0. The van der Waals surface area contributed by atoms with Crippen LogP contribution in [0.25, 0.3) is 0 Å². The summed E-state index contributed by atoms with van der Waals surface area (Å²) in [7, 11) is -2.42. The highest BCUT2D eigenvalue weighted by Crippen LogP contribution is 2.64. The molecule has 0 spiro atoms.